The predicted molar refractivity (Wildman–Crippen MR) is 82.0 cm³/mol. The van der Waals surface area contributed by atoms with E-state index in [1.807, 2.05) is 0 Å². The van der Waals surface area contributed by atoms with E-state index in [0.29, 0.717) is 12.1 Å². The summed E-state index contributed by atoms with van der Waals surface area (Å²) in [7, 11) is 2.20. The molecule has 1 saturated carbocycles. The van der Waals surface area contributed by atoms with Crippen molar-refractivity contribution in [2.45, 2.75) is 57.5 Å². The Balaban J connectivity index is 1.78. The van der Waals surface area contributed by atoms with E-state index >= 15 is 0 Å². The van der Waals surface area contributed by atoms with Crippen LogP contribution in [0.3, 0.4) is 0 Å². The van der Waals surface area contributed by atoms with Crippen molar-refractivity contribution < 1.29 is 0 Å². The van der Waals surface area contributed by atoms with Crippen LogP contribution in [0.5, 0.6) is 0 Å². The second-order valence-electron chi connectivity index (χ2n) is 6.56. The molecule has 118 valence electrons. The Kier molecular flexibility index (Phi) is 4.85. The average molecular weight is 292 g/mol. The quantitative estimate of drug-likeness (QED) is 0.829. The van der Waals surface area contributed by atoms with E-state index in [1.54, 1.807) is 0 Å². The number of hydrogen-bond acceptors (Lipinski definition) is 5. The Hall–Kier alpha value is -1.01. The van der Waals surface area contributed by atoms with E-state index in [0.717, 1.165) is 38.4 Å². The highest BCUT2D eigenvalue weighted by Crippen LogP contribution is 2.33. The fraction of sp³-hybridized carbons (Fsp3) is 0.933. The van der Waals surface area contributed by atoms with Gasteiger partial charge in [-0.2, -0.15) is 0 Å². The molecule has 1 aliphatic carbocycles. The lowest BCUT2D eigenvalue weighted by Gasteiger charge is -2.37. The molecule has 0 bridgehead atoms. The molecule has 1 aromatic rings. The maximum absolute atomic E-state index is 4.42. The number of hydrogen-bond donors (Lipinski definition) is 0. The molecule has 2 heterocycles. The van der Waals surface area contributed by atoms with Crippen LogP contribution in [0.25, 0.3) is 0 Å². The molecular weight excluding hydrogens is 264 g/mol. The molecule has 6 heteroatoms. The average Bonchev–Trinajstić information content (AvgIpc) is 3.16. The van der Waals surface area contributed by atoms with Gasteiger partial charge in [-0.3, -0.25) is 4.90 Å². The van der Waals surface area contributed by atoms with Gasteiger partial charge in [0.15, 0.2) is 5.82 Å². The fourth-order valence-electron chi connectivity index (χ4n) is 3.71. The zero-order valence-corrected chi connectivity index (χ0v) is 13.4. The van der Waals surface area contributed by atoms with Crippen molar-refractivity contribution in [3.63, 3.8) is 0 Å². The van der Waals surface area contributed by atoms with Gasteiger partial charge in [0, 0.05) is 26.2 Å². The topological polar surface area (TPSA) is 50.1 Å². The summed E-state index contributed by atoms with van der Waals surface area (Å²) in [6, 6.07) is 0.918. The van der Waals surface area contributed by atoms with Gasteiger partial charge in [0.05, 0.1) is 12.1 Å². The molecule has 0 radical (unpaired) electrons. The Bertz CT molecular complexity index is 431. The SMILES string of the molecule is CCC[C@H](c1nnnn1C1CCCC1)N1CCN(C)CC1. The molecule has 3 rings (SSSR count). The third-order valence-electron chi connectivity index (χ3n) is 5.03. The standard InChI is InChI=1S/C15H28N6/c1-3-6-14(20-11-9-19(2)10-12-20)15-16-17-18-21(15)13-7-4-5-8-13/h13-14H,3-12H2,1-2H3/t14-/m1/s1. The maximum Gasteiger partial charge on any atom is 0.168 e. The Morgan fingerprint density at radius 2 is 1.86 bits per heavy atom. The number of rotatable bonds is 5. The van der Waals surface area contributed by atoms with Crippen molar-refractivity contribution in [2.24, 2.45) is 0 Å². The van der Waals surface area contributed by atoms with Crippen LogP contribution < -0.4 is 0 Å². The van der Waals surface area contributed by atoms with Gasteiger partial charge in [0.25, 0.3) is 0 Å². The first-order chi connectivity index (χ1) is 10.3. The Labute approximate surface area is 127 Å². The van der Waals surface area contributed by atoms with E-state index in [2.05, 4.69) is 44.0 Å². The van der Waals surface area contributed by atoms with Crippen molar-refractivity contribution in [3.05, 3.63) is 5.82 Å². The molecule has 21 heavy (non-hydrogen) atoms. The van der Waals surface area contributed by atoms with Crippen LogP contribution in [0, 0.1) is 0 Å². The highest BCUT2D eigenvalue weighted by Gasteiger charge is 2.30. The van der Waals surface area contributed by atoms with Gasteiger partial charge in [0.2, 0.25) is 0 Å². The first kappa shape index (κ1) is 14.9. The van der Waals surface area contributed by atoms with Crippen molar-refractivity contribution in [2.75, 3.05) is 33.2 Å². The summed E-state index contributed by atoms with van der Waals surface area (Å²) < 4.78 is 2.14. The minimum Gasteiger partial charge on any atom is -0.304 e. The molecule has 2 aliphatic rings. The normalized spacial score (nSPS) is 23.7. The number of nitrogens with zero attached hydrogens (tertiary/aromatic N) is 6. The second kappa shape index (κ2) is 6.83. The number of tetrazole rings is 1. The van der Waals surface area contributed by atoms with Crippen LogP contribution in [-0.4, -0.2) is 63.2 Å². The fourth-order valence-corrected chi connectivity index (χ4v) is 3.71. The Morgan fingerprint density at radius 1 is 1.14 bits per heavy atom. The van der Waals surface area contributed by atoms with Crippen LogP contribution in [0.4, 0.5) is 0 Å². The minimum absolute atomic E-state index is 0.388. The molecular formula is C15H28N6. The number of likely N-dealkylation sites (N-methyl/N-ethyl adjacent to an activating group) is 1. The predicted octanol–water partition coefficient (Wildman–Crippen LogP) is 1.88. The van der Waals surface area contributed by atoms with Crippen molar-refractivity contribution in [1.82, 2.24) is 30.0 Å². The molecule has 6 nitrogen and oxygen atoms in total. The first-order valence-corrected chi connectivity index (χ1v) is 8.50. The van der Waals surface area contributed by atoms with Crippen molar-refractivity contribution in [1.29, 1.82) is 0 Å². The second-order valence-corrected chi connectivity index (χ2v) is 6.56. The summed E-state index contributed by atoms with van der Waals surface area (Å²) in [4.78, 5) is 4.99. The summed E-state index contributed by atoms with van der Waals surface area (Å²) in [5.74, 6) is 1.10. The molecule has 1 aromatic heterocycles. The van der Waals surface area contributed by atoms with Gasteiger partial charge in [-0.1, -0.05) is 26.2 Å². The zero-order valence-electron chi connectivity index (χ0n) is 13.4. The molecule has 1 saturated heterocycles. The Morgan fingerprint density at radius 3 is 2.52 bits per heavy atom. The molecule has 0 unspecified atom stereocenters. The van der Waals surface area contributed by atoms with Gasteiger partial charge in [-0.15, -0.1) is 5.10 Å². The minimum atomic E-state index is 0.388. The summed E-state index contributed by atoms with van der Waals surface area (Å²) in [6.45, 7) is 6.79. The van der Waals surface area contributed by atoms with Crippen LogP contribution in [-0.2, 0) is 0 Å². The highest BCUT2D eigenvalue weighted by atomic mass is 15.6. The third kappa shape index (κ3) is 3.26. The monoisotopic (exact) mass is 292 g/mol. The van der Waals surface area contributed by atoms with Crippen LogP contribution in [0.15, 0.2) is 0 Å². The first-order valence-electron chi connectivity index (χ1n) is 8.50. The van der Waals surface area contributed by atoms with E-state index in [9.17, 15) is 0 Å². The third-order valence-corrected chi connectivity index (χ3v) is 5.03. The molecule has 0 amide bonds. The van der Waals surface area contributed by atoms with E-state index < -0.39 is 0 Å². The van der Waals surface area contributed by atoms with Crippen molar-refractivity contribution in [3.8, 4) is 0 Å². The van der Waals surface area contributed by atoms with Crippen LogP contribution >= 0.6 is 0 Å². The largest absolute Gasteiger partial charge is 0.304 e. The van der Waals surface area contributed by atoms with E-state index in [-0.39, 0.29) is 0 Å². The van der Waals surface area contributed by atoms with Gasteiger partial charge in [-0.05, 0) is 36.7 Å². The van der Waals surface area contributed by atoms with Gasteiger partial charge in [-0.25, -0.2) is 4.68 Å². The molecule has 0 aromatic carbocycles. The summed E-state index contributed by atoms with van der Waals surface area (Å²) in [6.07, 6.45) is 7.43. The van der Waals surface area contributed by atoms with Gasteiger partial charge in [0.1, 0.15) is 0 Å². The maximum atomic E-state index is 4.42. The van der Waals surface area contributed by atoms with E-state index in [1.165, 1.54) is 32.1 Å². The molecule has 0 spiro atoms. The van der Waals surface area contributed by atoms with Crippen LogP contribution in [0.1, 0.15) is 63.4 Å². The van der Waals surface area contributed by atoms with Crippen molar-refractivity contribution >= 4 is 0 Å². The molecule has 1 atom stereocenters. The van der Waals surface area contributed by atoms with Gasteiger partial charge < -0.3 is 4.90 Å². The lowest BCUT2D eigenvalue weighted by atomic mass is 10.1. The summed E-state index contributed by atoms with van der Waals surface area (Å²) in [5, 5.41) is 12.8. The van der Waals surface area contributed by atoms with Crippen LogP contribution in [0.2, 0.25) is 0 Å². The summed E-state index contributed by atoms with van der Waals surface area (Å²) in [5.41, 5.74) is 0. The lowest BCUT2D eigenvalue weighted by Crippen LogP contribution is -2.46. The number of piperazine rings is 1. The molecule has 1 aliphatic heterocycles. The molecule has 0 N–H and O–H groups in total. The van der Waals surface area contributed by atoms with E-state index in [4.69, 9.17) is 0 Å². The van der Waals surface area contributed by atoms with Gasteiger partial charge >= 0.3 is 0 Å². The lowest BCUT2D eigenvalue weighted by molar-refractivity contribution is 0.0983. The smallest absolute Gasteiger partial charge is 0.168 e. The summed E-state index contributed by atoms with van der Waals surface area (Å²) >= 11 is 0. The number of aromatic nitrogens is 4. The zero-order chi connectivity index (χ0) is 14.7. The highest BCUT2D eigenvalue weighted by molar-refractivity contribution is 4.97. The molecule has 2 fully saturated rings.